The number of halogens is 1. The van der Waals surface area contributed by atoms with Crippen LogP contribution in [0.5, 0.6) is 0 Å². The number of hydrogen-bond donors (Lipinski definition) is 1. The molecule has 1 heterocycles. The van der Waals surface area contributed by atoms with Gasteiger partial charge in [0.15, 0.2) is 5.16 Å². The highest BCUT2D eigenvalue weighted by atomic mass is 32.2. The molecule has 0 aliphatic rings. The molecule has 0 radical (unpaired) electrons. The van der Waals surface area contributed by atoms with Crippen LogP contribution in [0.2, 0.25) is 0 Å². The van der Waals surface area contributed by atoms with Crippen LogP contribution < -0.4 is 0 Å². The minimum absolute atomic E-state index is 0.103. The third kappa shape index (κ3) is 3.78. The summed E-state index contributed by atoms with van der Waals surface area (Å²) in [5.41, 5.74) is 1.95. The molecule has 0 atom stereocenters. The van der Waals surface area contributed by atoms with Gasteiger partial charge in [-0.15, -0.1) is 0 Å². The fourth-order valence-corrected chi connectivity index (χ4v) is 2.15. The molecule has 0 saturated carbocycles. The average molecular weight is 264 g/mol. The van der Waals surface area contributed by atoms with Gasteiger partial charge in [-0.05, 0) is 29.7 Å². The van der Waals surface area contributed by atoms with E-state index in [-0.39, 0.29) is 12.4 Å². The molecule has 3 nitrogen and oxygen atoms in total. The predicted molar refractivity (Wildman–Crippen MR) is 68.8 cm³/mol. The monoisotopic (exact) mass is 264 g/mol. The quantitative estimate of drug-likeness (QED) is 0.665. The summed E-state index contributed by atoms with van der Waals surface area (Å²) in [5.74, 6) is 0.480. The van der Waals surface area contributed by atoms with Gasteiger partial charge in [-0.1, -0.05) is 23.9 Å². The van der Waals surface area contributed by atoms with E-state index >= 15 is 0 Å². The van der Waals surface area contributed by atoms with Gasteiger partial charge < -0.3 is 5.11 Å². The van der Waals surface area contributed by atoms with Gasteiger partial charge in [0, 0.05) is 24.8 Å². The maximum Gasteiger partial charge on any atom is 0.187 e. The van der Waals surface area contributed by atoms with Crippen molar-refractivity contribution in [2.45, 2.75) is 17.3 Å². The van der Waals surface area contributed by atoms with E-state index in [9.17, 15) is 4.39 Å². The third-order valence-corrected chi connectivity index (χ3v) is 3.31. The van der Waals surface area contributed by atoms with E-state index in [0.29, 0.717) is 17.3 Å². The van der Waals surface area contributed by atoms with Crippen LogP contribution in [0.15, 0.2) is 41.8 Å². The van der Waals surface area contributed by atoms with Crippen LogP contribution in [-0.4, -0.2) is 21.7 Å². The van der Waals surface area contributed by atoms with Gasteiger partial charge in [0.25, 0.3) is 0 Å². The van der Waals surface area contributed by atoms with E-state index < -0.39 is 0 Å². The molecule has 0 saturated heterocycles. The SMILES string of the molecule is OCCc1cnc(SCc2ccc(F)cc2)nc1. The average Bonchev–Trinajstić information content (AvgIpc) is 2.40. The first kappa shape index (κ1) is 13.0. The Balaban J connectivity index is 1.91. The van der Waals surface area contributed by atoms with Crippen LogP contribution in [0.25, 0.3) is 0 Å². The van der Waals surface area contributed by atoms with Crippen molar-refractivity contribution in [2.24, 2.45) is 0 Å². The first-order valence-electron chi connectivity index (χ1n) is 5.57. The summed E-state index contributed by atoms with van der Waals surface area (Å²) in [7, 11) is 0. The Labute approximate surface area is 109 Å². The second-order valence-electron chi connectivity index (χ2n) is 3.76. The molecule has 1 aromatic carbocycles. The summed E-state index contributed by atoms with van der Waals surface area (Å²) in [4.78, 5) is 8.39. The van der Waals surface area contributed by atoms with E-state index in [1.165, 1.54) is 23.9 Å². The zero-order valence-electron chi connectivity index (χ0n) is 9.71. The summed E-state index contributed by atoms with van der Waals surface area (Å²) in [5, 5.41) is 9.45. The van der Waals surface area contributed by atoms with Crippen LogP contribution in [-0.2, 0) is 12.2 Å². The fourth-order valence-electron chi connectivity index (χ4n) is 1.40. The number of aliphatic hydroxyl groups excluding tert-OH is 1. The first-order valence-corrected chi connectivity index (χ1v) is 6.55. The zero-order valence-corrected chi connectivity index (χ0v) is 10.5. The topological polar surface area (TPSA) is 46.0 Å². The summed E-state index contributed by atoms with van der Waals surface area (Å²) in [6, 6.07) is 6.40. The van der Waals surface area contributed by atoms with Crippen molar-refractivity contribution >= 4 is 11.8 Å². The molecule has 0 bridgehead atoms. The van der Waals surface area contributed by atoms with Gasteiger partial charge in [0.05, 0.1) is 0 Å². The van der Waals surface area contributed by atoms with Crippen molar-refractivity contribution in [3.63, 3.8) is 0 Å². The predicted octanol–water partition coefficient (Wildman–Crippen LogP) is 2.44. The van der Waals surface area contributed by atoms with Crippen molar-refractivity contribution in [1.82, 2.24) is 9.97 Å². The highest BCUT2D eigenvalue weighted by Gasteiger charge is 2.00. The Hall–Kier alpha value is -1.46. The zero-order chi connectivity index (χ0) is 12.8. The summed E-state index contributed by atoms with van der Waals surface area (Å²) in [6.07, 6.45) is 4.01. The Bertz CT molecular complexity index is 487. The van der Waals surface area contributed by atoms with E-state index in [0.717, 1.165) is 11.1 Å². The fraction of sp³-hybridized carbons (Fsp3) is 0.231. The molecule has 0 spiro atoms. The second kappa shape index (κ2) is 6.47. The number of benzene rings is 1. The maximum absolute atomic E-state index is 12.7. The smallest absolute Gasteiger partial charge is 0.187 e. The molecule has 2 rings (SSSR count). The molecular weight excluding hydrogens is 251 g/mol. The van der Waals surface area contributed by atoms with Gasteiger partial charge in [-0.3, -0.25) is 0 Å². The highest BCUT2D eigenvalue weighted by molar-refractivity contribution is 7.98. The minimum atomic E-state index is -0.228. The third-order valence-electron chi connectivity index (χ3n) is 2.36. The van der Waals surface area contributed by atoms with E-state index in [2.05, 4.69) is 9.97 Å². The molecule has 2 aromatic rings. The second-order valence-corrected chi connectivity index (χ2v) is 4.71. The lowest BCUT2D eigenvalue weighted by atomic mass is 10.2. The first-order chi connectivity index (χ1) is 8.78. The van der Waals surface area contributed by atoms with Gasteiger partial charge in [-0.25, -0.2) is 14.4 Å². The van der Waals surface area contributed by atoms with Crippen LogP contribution in [0.4, 0.5) is 4.39 Å². The van der Waals surface area contributed by atoms with Gasteiger partial charge in [-0.2, -0.15) is 0 Å². The molecule has 1 N–H and O–H groups in total. The Morgan fingerprint density at radius 1 is 1.06 bits per heavy atom. The van der Waals surface area contributed by atoms with Crippen molar-refractivity contribution in [3.8, 4) is 0 Å². The van der Waals surface area contributed by atoms with Crippen LogP contribution in [0, 0.1) is 5.82 Å². The van der Waals surface area contributed by atoms with Crippen molar-refractivity contribution < 1.29 is 9.50 Å². The van der Waals surface area contributed by atoms with Crippen LogP contribution >= 0.6 is 11.8 Å². The summed E-state index contributed by atoms with van der Waals surface area (Å²) < 4.78 is 12.7. The molecule has 0 aliphatic heterocycles. The molecule has 5 heteroatoms. The molecule has 18 heavy (non-hydrogen) atoms. The van der Waals surface area contributed by atoms with E-state index in [1.807, 2.05) is 0 Å². The van der Waals surface area contributed by atoms with Gasteiger partial charge >= 0.3 is 0 Å². The van der Waals surface area contributed by atoms with Crippen LogP contribution in [0.1, 0.15) is 11.1 Å². The van der Waals surface area contributed by atoms with Crippen molar-refractivity contribution in [2.75, 3.05) is 6.61 Å². The lowest BCUT2D eigenvalue weighted by Gasteiger charge is -2.02. The molecule has 0 aliphatic carbocycles. The molecule has 94 valence electrons. The molecule has 1 aromatic heterocycles. The Morgan fingerprint density at radius 2 is 1.72 bits per heavy atom. The van der Waals surface area contributed by atoms with E-state index in [4.69, 9.17) is 5.11 Å². The molecule has 0 fully saturated rings. The number of rotatable bonds is 5. The normalized spacial score (nSPS) is 10.6. The molecule has 0 amide bonds. The molecular formula is C13H13FN2OS. The van der Waals surface area contributed by atoms with Crippen molar-refractivity contribution in [1.29, 1.82) is 0 Å². The maximum atomic E-state index is 12.7. The summed E-state index contributed by atoms with van der Waals surface area (Å²) in [6.45, 7) is 0.103. The Kier molecular flexibility index (Phi) is 4.66. The van der Waals surface area contributed by atoms with Gasteiger partial charge in [0.2, 0.25) is 0 Å². The molecule has 0 unspecified atom stereocenters. The summed E-state index contributed by atoms with van der Waals surface area (Å²) >= 11 is 1.50. The number of thioether (sulfide) groups is 1. The number of hydrogen-bond acceptors (Lipinski definition) is 4. The Morgan fingerprint density at radius 3 is 2.33 bits per heavy atom. The number of aliphatic hydroxyl groups is 1. The lowest BCUT2D eigenvalue weighted by Crippen LogP contribution is -1.94. The highest BCUT2D eigenvalue weighted by Crippen LogP contribution is 2.18. The number of aromatic nitrogens is 2. The van der Waals surface area contributed by atoms with Crippen LogP contribution in [0.3, 0.4) is 0 Å². The van der Waals surface area contributed by atoms with Gasteiger partial charge in [0.1, 0.15) is 5.82 Å². The minimum Gasteiger partial charge on any atom is -0.396 e. The number of nitrogens with zero attached hydrogens (tertiary/aromatic N) is 2. The largest absolute Gasteiger partial charge is 0.396 e. The van der Waals surface area contributed by atoms with Crippen molar-refractivity contribution in [3.05, 3.63) is 53.6 Å². The lowest BCUT2D eigenvalue weighted by molar-refractivity contribution is 0.299. The standard InChI is InChI=1S/C13H13FN2OS/c14-12-3-1-10(2-4-12)9-18-13-15-7-11(5-6-17)8-16-13/h1-4,7-8,17H,5-6,9H2. The van der Waals surface area contributed by atoms with E-state index in [1.54, 1.807) is 24.5 Å².